The summed E-state index contributed by atoms with van der Waals surface area (Å²) in [6.07, 6.45) is 1.73. The van der Waals surface area contributed by atoms with Crippen LogP contribution in [0.15, 0.2) is 18.2 Å². The van der Waals surface area contributed by atoms with Gasteiger partial charge in [0.2, 0.25) is 0 Å². The smallest absolute Gasteiger partial charge is 0.307 e. The molecule has 0 radical (unpaired) electrons. The standard InChI is InChI=1S/C12H13NO3/c14-11(15)7-8-3-4-10-9(6-8)2-1-5-13-12(10)16/h3-4,6H,1-2,5,7H2,(H,13,16)(H,14,15). The maximum Gasteiger partial charge on any atom is 0.307 e. The predicted octanol–water partition coefficient (Wildman–Crippen LogP) is 0.990. The molecule has 0 saturated carbocycles. The van der Waals surface area contributed by atoms with E-state index in [1.54, 1.807) is 12.1 Å². The summed E-state index contributed by atoms with van der Waals surface area (Å²) in [5, 5.41) is 11.5. The van der Waals surface area contributed by atoms with Gasteiger partial charge in [0.05, 0.1) is 6.42 Å². The van der Waals surface area contributed by atoms with Crippen molar-refractivity contribution < 1.29 is 14.7 Å². The highest BCUT2D eigenvalue weighted by atomic mass is 16.4. The zero-order valence-corrected chi connectivity index (χ0v) is 8.82. The van der Waals surface area contributed by atoms with Gasteiger partial charge in [0, 0.05) is 12.1 Å². The molecule has 0 spiro atoms. The maximum atomic E-state index is 11.6. The first-order valence-corrected chi connectivity index (χ1v) is 5.28. The lowest BCUT2D eigenvalue weighted by atomic mass is 9.99. The normalized spacial score (nSPS) is 14.9. The lowest BCUT2D eigenvalue weighted by Crippen LogP contribution is -2.22. The molecule has 1 aliphatic rings. The Morgan fingerprint density at radius 2 is 2.25 bits per heavy atom. The Balaban J connectivity index is 2.33. The Morgan fingerprint density at radius 3 is 3.00 bits per heavy atom. The first-order chi connectivity index (χ1) is 7.66. The van der Waals surface area contributed by atoms with Gasteiger partial charge in [-0.3, -0.25) is 9.59 Å². The number of amides is 1. The minimum absolute atomic E-state index is 0.00883. The van der Waals surface area contributed by atoms with Crippen molar-refractivity contribution >= 4 is 11.9 Å². The molecule has 0 fully saturated rings. The van der Waals surface area contributed by atoms with Crippen LogP contribution in [0.3, 0.4) is 0 Å². The summed E-state index contributed by atoms with van der Waals surface area (Å²) >= 11 is 0. The van der Waals surface area contributed by atoms with Crippen molar-refractivity contribution in [2.75, 3.05) is 6.54 Å². The highest BCUT2D eigenvalue weighted by molar-refractivity contribution is 5.96. The Morgan fingerprint density at radius 1 is 1.44 bits per heavy atom. The lowest BCUT2D eigenvalue weighted by Gasteiger charge is -2.06. The SMILES string of the molecule is O=C(O)Cc1ccc2c(c1)CCCNC2=O. The molecule has 84 valence electrons. The van der Waals surface area contributed by atoms with Gasteiger partial charge in [0.1, 0.15) is 0 Å². The van der Waals surface area contributed by atoms with Gasteiger partial charge in [0.25, 0.3) is 5.91 Å². The number of aryl methyl sites for hydroxylation is 1. The Hall–Kier alpha value is -1.84. The number of nitrogens with one attached hydrogen (secondary N) is 1. The van der Waals surface area contributed by atoms with E-state index in [9.17, 15) is 9.59 Å². The zero-order valence-electron chi connectivity index (χ0n) is 8.82. The number of benzene rings is 1. The van der Waals surface area contributed by atoms with Crippen LogP contribution in [0.2, 0.25) is 0 Å². The van der Waals surface area contributed by atoms with E-state index in [2.05, 4.69) is 5.32 Å². The van der Waals surface area contributed by atoms with Gasteiger partial charge in [0.15, 0.2) is 0 Å². The van der Waals surface area contributed by atoms with Crippen molar-refractivity contribution in [1.29, 1.82) is 0 Å². The van der Waals surface area contributed by atoms with Crippen molar-refractivity contribution in [2.45, 2.75) is 19.3 Å². The Kier molecular flexibility index (Phi) is 2.90. The predicted molar refractivity (Wildman–Crippen MR) is 58.4 cm³/mol. The third kappa shape index (κ3) is 2.21. The van der Waals surface area contributed by atoms with E-state index >= 15 is 0 Å². The van der Waals surface area contributed by atoms with Crippen molar-refractivity contribution in [3.8, 4) is 0 Å². The van der Waals surface area contributed by atoms with Crippen LogP contribution in [0.25, 0.3) is 0 Å². The first kappa shape index (κ1) is 10.7. The third-order valence-corrected chi connectivity index (χ3v) is 2.68. The molecule has 2 N–H and O–H groups in total. The molecule has 1 amide bonds. The number of fused-ring (bicyclic) bond motifs is 1. The number of hydrogen-bond acceptors (Lipinski definition) is 2. The topological polar surface area (TPSA) is 66.4 Å². The maximum absolute atomic E-state index is 11.6. The highest BCUT2D eigenvalue weighted by Crippen LogP contribution is 2.17. The van der Waals surface area contributed by atoms with Crippen molar-refractivity contribution in [2.24, 2.45) is 0 Å². The Bertz CT molecular complexity index is 440. The summed E-state index contributed by atoms with van der Waals surface area (Å²) in [7, 11) is 0. The second-order valence-electron chi connectivity index (χ2n) is 3.92. The van der Waals surface area contributed by atoms with Crippen LogP contribution >= 0.6 is 0 Å². The minimum Gasteiger partial charge on any atom is -0.481 e. The van der Waals surface area contributed by atoms with Crippen LogP contribution in [-0.2, 0) is 17.6 Å². The van der Waals surface area contributed by atoms with Crippen LogP contribution in [0, 0.1) is 0 Å². The quantitative estimate of drug-likeness (QED) is 0.779. The van der Waals surface area contributed by atoms with E-state index in [-0.39, 0.29) is 12.3 Å². The molecule has 1 aliphatic heterocycles. The first-order valence-electron chi connectivity index (χ1n) is 5.28. The number of carboxylic acids is 1. The van der Waals surface area contributed by atoms with Crippen LogP contribution in [0.5, 0.6) is 0 Å². The van der Waals surface area contributed by atoms with Crippen LogP contribution in [0.4, 0.5) is 0 Å². The molecular formula is C12H13NO3. The third-order valence-electron chi connectivity index (χ3n) is 2.68. The summed E-state index contributed by atoms with van der Waals surface area (Å²) < 4.78 is 0. The zero-order chi connectivity index (χ0) is 11.5. The van der Waals surface area contributed by atoms with Gasteiger partial charge in [-0.05, 0) is 30.0 Å². The molecule has 0 aliphatic carbocycles. The second-order valence-corrected chi connectivity index (χ2v) is 3.92. The molecule has 0 aromatic heterocycles. The van der Waals surface area contributed by atoms with Crippen molar-refractivity contribution in [3.63, 3.8) is 0 Å². The molecule has 4 heteroatoms. The molecule has 0 atom stereocenters. The molecule has 0 bridgehead atoms. The summed E-state index contributed by atoms with van der Waals surface area (Å²) in [5.74, 6) is -0.910. The van der Waals surface area contributed by atoms with Crippen LogP contribution in [-0.4, -0.2) is 23.5 Å². The largest absolute Gasteiger partial charge is 0.481 e. The molecule has 2 rings (SSSR count). The number of carbonyl (C=O) groups is 2. The molecule has 1 aromatic carbocycles. The number of rotatable bonds is 2. The van der Waals surface area contributed by atoms with E-state index < -0.39 is 5.97 Å². The summed E-state index contributed by atoms with van der Waals surface area (Å²) in [5.41, 5.74) is 2.38. The van der Waals surface area contributed by atoms with Gasteiger partial charge in [-0.2, -0.15) is 0 Å². The Labute approximate surface area is 93.3 Å². The molecule has 1 aromatic rings. The lowest BCUT2D eigenvalue weighted by molar-refractivity contribution is -0.136. The van der Waals surface area contributed by atoms with Gasteiger partial charge in [-0.15, -0.1) is 0 Å². The highest BCUT2D eigenvalue weighted by Gasteiger charge is 2.15. The fourth-order valence-electron chi connectivity index (χ4n) is 1.94. The van der Waals surface area contributed by atoms with Gasteiger partial charge in [-0.25, -0.2) is 0 Å². The summed E-state index contributed by atoms with van der Waals surface area (Å²) in [6, 6.07) is 5.25. The van der Waals surface area contributed by atoms with Crippen molar-refractivity contribution in [3.05, 3.63) is 34.9 Å². The van der Waals surface area contributed by atoms with Gasteiger partial charge >= 0.3 is 5.97 Å². The summed E-state index contributed by atoms with van der Waals surface area (Å²) in [4.78, 5) is 22.2. The van der Waals surface area contributed by atoms with Crippen molar-refractivity contribution in [1.82, 2.24) is 5.32 Å². The van der Waals surface area contributed by atoms with Gasteiger partial charge < -0.3 is 10.4 Å². The molecule has 0 saturated heterocycles. The van der Waals surface area contributed by atoms with Gasteiger partial charge in [-0.1, -0.05) is 12.1 Å². The molecule has 4 nitrogen and oxygen atoms in total. The minimum atomic E-state index is -0.849. The van der Waals surface area contributed by atoms with Crippen LogP contribution in [0.1, 0.15) is 27.9 Å². The fourth-order valence-corrected chi connectivity index (χ4v) is 1.94. The fraction of sp³-hybridized carbons (Fsp3) is 0.333. The number of aliphatic carboxylic acids is 1. The van der Waals surface area contributed by atoms with Crippen LogP contribution < -0.4 is 5.32 Å². The monoisotopic (exact) mass is 219 g/mol. The number of hydrogen-bond donors (Lipinski definition) is 2. The molecule has 0 unspecified atom stereocenters. The average Bonchev–Trinajstić information content (AvgIpc) is 2.40. The summed E-state index contributed by atoms with van der Waals surface area (Å²) in [6.45, 7) is 0.682. The van der Waals surface area contributed by atoms with E-state index in [1.807, 2.05) is 6.07 Å². The number of carboxylic acid groups (broad SMARTS) is 1. The average molecular weight is 219 g/mol. The van der Waals surface area contributed by atoms with E-state index in [0.29, 0.717) is 12.1 Å². The number of carbonyl (C=O) groups excluding carboxylic acids is 1. The van der Waals surface area contributed by atoms with E-state index in [0.717, 1.165) is 24.0 Å². The second kappa shape index (κ2) is 4.35. The van der Waals surface area contributed by atoms with E-state index in [1.165, 1.54) is 0 Å². The molecule has 1 heterocycles. The molecular weight excluding hydrogens is 206 g/mol. The molecule has 16 heavy (non-hydrogen) atoms. The van der Waals surface area contributed by atoms with E-state index in [4.69, 9.17) is 5.11 Å².